The fourth-order valence-electron chi connectivity index (χ4n) is 5.58. The van der Waals surface area contributed by atoms with Crippen molar-refractivity contribution in [2.45, 2.75) is 63.8 Å². The van der Waals surface area contributed by atoms with Crippen LogP contribution in [0.15, 0.2) is 79.0 Å². The van der Waals surface area contributed by atoms with Crippen molar-refractivity contribution in [3.8, 4) is 0 Å². The number of carbonyl (C=O) groups excluding carboxylic acids is 1. The van der Waals surface area contributed by atoms with Crippen LogP contribution in [0.25, 0.3) is 0 Å². The number of nitrogens with one attached hydrogen (secondary N) is 1. The van der Waals surface area contributed by atoms with E-state index in [0.717, 1.165) is 57.7 Å². The van der Waals surface area contributed by atoms with E-state index in [1.165, 1.54) is 43.2 Å². The number of anilines is 1. The molecule has 0 unspecified atom stereocenters. The molecule has 1 aliphatic heterocycles. The lowest BCUT2D eigenvalue weighted by molar-refractivity contribution is 0.0952. The number of benzene rings is 2. The average molecular weight is 543 g/mol. The summed E-state index contributed by atoms with van der Waals surface area (Å²) >= 11 is 0. The lowest BCUT2D eigenvalue weighted by atomic mass is 9.96. The average Bonchev–Trinajstić information content (AvgIpc) is 3.01. The molecule has 2 aromatic carbocycles. The van der Waals surface area contributed by atoms with Crippen molar-refractivity contribution in [1.82, 2.24) is 15.2 Å². The van der Waals surface area contributed by atoms with Gasteiger partial charge >= 0.3 is 0 Å². The van der Waals surface area contributed by atoms with Crippen LogP contribution < -0.4 is 10.2 Å². The second-order valence-corrected chi connectivity index (χ2v) is 10.8. The number of aromatic nitrogens is 1. The first kappa shape index (κ1) is 29.8. The summed E-state index contributed by atoms with van der Waals surface area (Å²) in [4.78, 5) is 22.1. The zero-order valence-corrected chi connectivity index (χ0v) is 23.9. The minimum Gasteiger partial charge on any atom is -0.396 e. The molecule has 1 aromatic heterocycles. The van der Waals surface area contributed by atoms with E-state index < -0.39 is 0 Å². The standard InChI is InChI=1S/C34H46N4O2/c39-27-15-7-5-3-1-2-4-6-14-22-35-34(40)31-20-21-32(36-28-31)37-23-25-38(26-24-37)33(29-16-10-8-11-17-29)30-18-12-9-13-19-30/h8-13,16-21,28,33,39H,1-7,14-15,22-27H2,(H,35,40). The smallest absolute Gasteiger partial charge is 0.252 e. The summed E-state index contributed by atoms with van der Waals surface area (Å²) in [5.41, 5.74) is 3.26. The molecule has 1 amide bonds. The molecule has 6 nitrogen and oxygen atoms in total. The van der Waals surface area contributed by atoms with Crippen LogP contribution in [0.2, 0.25) is 0 Å². The van der Waals surface area contributed by atoms with Crippen molar-refractivity contribution in [3.63, 3.8) is 0 Å². The Hall–Kier alpha value is -3.22. The Morgan fingerprint density at radius 1 is 0.725 bits per heavy atom. The molecule has 0 radical (unpaired) electrons. The first-order valence-corrected chi connectivity index (χ1v) is 15.2. The number of unbranched alkanes of at least 4 members (excludes halogenated alkanes) is 8. The molecule has 40 heavy (non-hydrogen) atoms. The van der Waals surface area contributed by atoms with Crippen LogP contribution in [0.1, 0.15) is 85.3 Å². The second kappa shape index (κ2) is 16.8. The topological polar surface area (TPSA) is 68.7 Å². The van der Waals surface area contributed by atoms with E-state index in [4.69, 9.17) is 5.11 Å². The van der Waals surface area contributed by atoms with Gasteiger partial charge in [-0.05, 0) is 36.1 Å². The minimum absolute atomic E-state index is 0.0404. The van der Waals surface area contributed by atoms with Gasteiger partial charge in [-0.15, -0.1) is 0 Å². The SMILES string of the molecule is O=C(NCCCCCCCCCCCO)c1ccc(N2CCN(C(c3ccccc3)c3ccccc3)CC2)nc1. The first-order chi connectivity index (χ1) is 19.8. The summed E-state index contributed by atoms with van der Waals surface area (Å²) < 4.78 is 0. The molecule has 0 aliphatic carbocycles. The van der Waals surface area contributed by atoms with Gasteiger partial charge in [0.25, 0.3) is 5.91 Å². The summed E-state index contributed by atoms with van der Waals surface area (Å²) in [6.07, 6.45) is 12.2. The maximum atomic E-state index is 12.6. The molecule has 1 saturated heterocycles. The third kappa shape index (κ3) is 9.17. The summed E-state index contributed by atoms with van der Waals surface area (Å²) in [5, 5.41) is 11.9. The Morgan fingerprint density at radius 2 is 1.27 bits per heavy atom. The van der Waals surface area contributed by atoms with Crippen molar-refractivity contribution in [3.05, 3.63) is 95.7 Å². The quantitative estimate of drug-likeness (QED) is 0.210. The molecule has 0 bridgehead atoms. The highest BCUT2D eigenvalue weighted by Gasteiger charge is 2.26. The Bertz CT molecular complexity index is 1060. The molecule has 1 fully saturated rings. The van der Waals surface area contributed by atoms with Crippen LogP contribution in [0.4, 0.5) is 5.82 Å². The second-order valence-electron chi connectivity index (χ2n) is 10.8. The predicted molar refractivity (Wildman–Crippen MR) is 164 cm³/mol. The Labute approximate surface area is 240 Å². The summed E-state index contributed by atoms with van der Waals surface area (Å²) in [7, 11) is 0. The fraction of sp³-hybridized carbons (Fsp3) is 0.471. The Morgan fingerprint density at radius 3 is 1.80 bits per heavy atom. The van der Waals surface area contributed by atoms with Crippen LogP contribution in [-0.4, -0.2) is 60.2 Å². The van der Waals surface area contributed by atoms with Crippen LogP contribution >= 0.6 is 0 Å². The fourth-order valence-corrected chi connectivity index (χ4v) is 5.58. The van der Waals surface area contributed by atoms with Gasteiger partial charge in [-0.2, -0.15) is 0 Å². The Kier molecular flexibility index (Phi) is 12.5. The normalized spacial score (nSPS) is 14.0. The highest BCUT2D eigenvalue weighted by Crippen LogP contribution is 2.30. The third-order valence-corrected chi connectivity index (χ3v) is 7.86. The van der Waals surface area contributed by atoms with E-state index in [1.54, 1.807) is 6.20 Å². The molecule has 214 valence electrons. The van der Waals surface area contributed by atoms with Crippen LogP contribution in [0, 0.1) is 0 Å². The maximum Gasteiger partial charge on any atom is 0.252 e. The number of nitrogens with zero attached hydrogens (tertiary/aromatic N) is 3. The molecule has 2 heterocycles. The zero-order chi connectivity index (χ0) is 27.8. The van der Waals surface area contributed by atoms with E-state index in [1.807, 2.05) is 12.1 Å². The lowest BCUT2D eigenvalue weighted by Gasteiger charge is -2.40. The lowest BCUT2D eigenvalue weighted by Crippen LogP contribution is -2.48. The first-order valence-electron chi connectivity index (χ1n) is 15.2. The van der Waals surface area contributed by atoms with E-state index in [0.29, 0.717) is 18.7 Å². The number of hydrogen-bond acceptors (Lipinski definition) is 5. The third-order valence-electron chi connectivity index (χ3n) is 7.86. The molecule has 1 aliphatic rings. The van der Waals surface area contributed by atoms with E-state index >= 15 is 0 Å². The van der Waals surface area contributed by atoms with Gasteiger partial charge in [0, 0.05) is 45.5 Å². The number of aliphatic hydroxyl groups is 1. The number of carbonyl (C=O) groups is 1. The monoisotopic (exact) mass is 542 g/mol. The number of rotatable bonds is 16. The molecule has 2 N–H and O–H groups in total. The highest BCUT2D eigenvalue weighted by atomic mass is 16.2. The van der Waals surface area contributed by atoms with Gasteiger partial charge in [0.1, 0.15) is 5.82 Å². The van der Waals surface area contributed by atoms with Gasteiger partial charge in [-0.1, -0.05) is 106 Å². The summed E-state index contributed by atoms with van der Waals surface area (Å²) in [5.74, 6) is 0.893. The largest absolute Gasteiger partial charge is 0.396 e. The van der Waals surface area contributed by atoms with Crippen LogP contribution in [0.3, 0.4) is 0 Å². The van der Waals surface area contributed by atoms with Gasteiger partial charge in [0.15, 0.2) is 0 Å². The molecular weight excluding hydrogens is 496 g/mol. The highest BCUT2D eigenvalue weighted by molar-refractivity contribution is 5.94. The van der Waals surface area contributed by atoms with Crippen molar-refractivity contribution in [2.24, 2.45) is 0 Å². The van der Waals surface area contributed by atoms with Crippen LogP contribution in [0.5, 0.6) is 0 Å². The van der Waals surface area contributed by atoms with Crippen molar-refractivity contribution >= 4 is 11.7 Å². The zero-order valence-electron chi connectivity index (χ0n) is 23.9. The Balaban J connectivity index is 1.18. The van der Waals surface area contributed by atoms with E-state index in [-0.39, 0.29) is 11.9 Å². The van der Waals surface area contributed by atoms with Crippen molar-refractivity contribution in [2.75, 3.05) is 44.2 Å². The predicted octanol–water partition coefficient (Wildman–Crippen LogP) is 6.23. The molecule has 0 saturated carbocycles. The number of hydrogen-bond donors (Lipinski definition) is 2. The molecule has 0 spiro atoms. The van der Waals surface area contributed by atoms with Gasteiger partial charge < -0.3 is 15.3 Å². The van der Waals surface area contributed by atoms with E-state index in [9.17, 15) is 4.79 Å². The number of piperazine rings is 1. The molecular formula is C34H46N4O2. The van der Waals surface area contributed by atoms with Gasteiger partial charge in [-0.25, -0.2) is 4.98 Å². The van der Waals surface area contributed by atoms with E-state index in [2.05, 4.69) is 80.8 Å². The van der Waals surface area contributed by atoms with Gasteiger partial charge in [0.2, 0.25) is 0 Å². The number of aliphatic hydroxyl groups excluding tert-OH is 1. The van der Waals surface area contributed by atoms with Gasteiger partial charge in [-0.3, -0.25) is 9.69 Å². The maximum absolute atomic E-state index is 12.6. The summed E-state index contributed by atoms with van der Waals surface area (Å²) in [6, 6.07) is 25.6. The van der Waals surface area contributed by atoms with Crippen molar-refractivity contribution < 1.29 is 9.90 Å². The number of amides is 1. The molecule has 6 heteroatoms. The summed E-state index contributed by atoms with van der Waals surface area (Å²) in [6.45, 7) is 4.72. The molecule has 4 rings (SSSR count). The number of pyridine rings is 1. The molecule has 3 aromatic rings. The van der Waals surface area contributed by atoms with Crippen LogP contribution in [-0.2, 0) is 0 Å². The molecule has 0 atom stereocenters. The minimum atomic E-state index is -0.0404. The van der Waals surface area contributed by atoms with Gasteiger partial charge in [0.05, 0.1) is 11.6 Å². The van der Waals surface area contributed by atoms with Crippen molar-refractivity contribution in [1.29, 1.82) is 0 Å².